The Morgan fingerprint density at radius 3 is 2.58 bits per heavy atom. The zero-order chi connectivity index (χ0) is 21.8. The first-order valence-corrected chi connectivity index (χ1v) is 12.8. The number of aromatic nitrogens is 1. The van der Waals surface area contributed by atoms with E-state index in [0.717, 1.165) is 23.3 Å². The van der Waals surface area contributed by atoms with E-state index in [4.69, 9.17) is 4.74 Å². The molecule has 0 atom stereocenters. The number of anilines is 1. The Morgan fingerprint density at radius 2 is 1.84 bits per heavy atom. The van der Waals surface area contributed by atoms with Gasteiger partial charge in [-0.1, -0.05) is 42.5 Å². The lowest BCUT2D eigenvalue weighted by Gasteiger charge is -2.29. The number of thiazole rings is 1. The Morgan fingerprint density at radius 1 is 1.13 bits per heavy atom. The molecule has 2 aromatic carbocycles. The number of ether oxygens (including phenoxy) is 1. The molecule has 4 rings (SSSR count). The molecule has 0 aliphatic carbocycles. The number of carbonyl (C=O) groups excluding carboxylic acids is 1. The van der Waals surface area contributed by atoms with E-state index in [-0.39, 0.29) is 22.1 Å². The number of amides is 1. The summed E-state index contributed by atoms with van der Waals surface area (Å²) in [5.41, 5.74) is 1.01. The Hall–Kier alpha value is -2.33. The minimum atomic E-state index is -3.54. The maximum atomic E-state index is 13.7. The zero-order valence-corrected chi connectivity index (χ0v) is 19.0. The molecule has 2 heterocycles. The lowest BCUT2D eigenvalue weighted by Crippen LogP contribution is -2.43. The molecule has 9 heteroatoms. The SMILES string of the molecule is CCS(=O)(=O)c1ccccc1C(=O)N(CCN1CCOCC1)c1nc2ccccc2s1. The van der Waals surface area contributed by atoms with Gasteiger partial charge in [-0.25, -0.2) is 13.4 Å². The highest BCUT2D eigenvalue weighted by atomic mass is 32.2. The Bertz CT molecular complexity index is 1140. The summed E-state index contributed by atoms with van der Waals surface area (Å²) in [6.07, 6.45) is 0. The van der Waals surface area contributed by atoms with E-state index in [1.807, 2.05) is 24.3 Å². The molecule has 1 aliphatic heterocycles. The van der Waals surface area contributed by atoms with Gasteiger partial charge in [-0.3, -0.25) is 14.6 Å². The van der Waals surface area contributed by atoms with Crippen molar-refractivity contribution in [2.75, 3.05) is 50.0 Å². The first-order valence-electron chi connectivity index (χ1n) is 10.3. The summed E-state index contributed by atoms with van der Waals surface area (Å²) in [6.45, 7) is 5.62. The van der Waals surface area contributed by atoms with Crippen molar-refractivity contribution in [2.45, 2.75) is 11.8 Å². The molecule has 0 bridgehead atoms. The Kier molecular flexibility index (Phi) is 6.66. The lowest BCUT2D eigenvalue weighted by atomic mass is 10.2. The van der Waals surface area contributed by atoms with Crippen LogP contribution in [0.2, 0.25) is 0 Å². The molecule has 1 saturated heterocycles. The Balaban J connectivity index is 1.71. The molecule has 7 nitrogen and oxygen atoms in total. The van der Waals surface area contributed by atoms with Crippen LogP contribution in [-0.2, 0) is 14.6 Å². The second-order valence-electron chi connectivity index (χ2n) is 7.27. The van der Waals surface area contributed by atoms with Gasteiger partial charge in [0.25, 0.3) is 5.91 Å². The number of rotatable bonds is 7. The van der Waals surface area contributed by atoms with E-state index in [0.29, 0.717) is 31.4 Å². The largest absolute Gasteiger partial charge is 0.379 e. The molecule has 3 aromatic rings. The van der Waals surface area contributed by atoms with E-state index in [2.05, 4.69) is 9.88 Å². The lowest BCUT2D eigenvalue weighted by molar-refractivity contribution is 0.0391. The number of para-hydroxylation sites is 1. The van der Waals surface area contributed by atoms with Crippen LogP contribution in [0.1, 0.15) is 17.3 Å². The minimum Gasteiger partial charge on any atom is -0.379 e. The van der Waals surface area contributed by atoms with E-state index in [9.17, 15) is 13.2 Å². The van der Waals surface area contributed by atoms with E-state index in [1.54, 1.807) is 30.0 Å². The molecule has 0 N–H and O–H groups in total. The summed E-state index contributed by atoms with van der Waals surface area (Å²) >= 11 is 1.44. The van der Waals surface area contributed by atoms with Crippen molar-refractivity contribution >= 4 is 42.4 Å². The first-order chi connectivity index (χ1) is 15.0. The summed E-state index contributed by atoms with van der Waals surface area (Å²) in [5.74, 6) is -0.411. The van der Waals surface area contributed by atoms with Gasteiger partial charge in [0, 0.05) is 26.2 Å². The highest BCUT2D eigenvalue weighted by Gasteiger charge is 2.27. The fourth-order valence-corrected chi connectivity index (χ4v) is 5.62. The predicted octanol–water partition coefficient (Wildman–Crippen LogP) is 3.07. The third-order valence-electron chi connectivity index (χ3n) is 5.33. The monoisotopic (exact) mass is 459 g/mol. The molecule has 0 saturated carbocycles. The molecule has 0 spiro atoms. The second kappa shape index (κ2) is 9.44. The molecule has 1 aliphatic rings. The van der Waals surface area contributed by atoms with Crippen LogP contribution in [-0.4, -0.2) is 69.4 Å². The van der Waals surface area contributed by atoms with Crippen LogP contribution < -0.4 is 4.90 Å². The average molecular weight is 460 g/mol. The third kappa shape index (κ3) is 4.79. The van der Waals surface area contributed by atoms with Gasteiger partial charge in [-0.2, -0.15) is 0 Å². The highest BCUT2D eigenvalue weighted by Crippen LogP contribution is 2.30. The quantitative estimate of drug-likeness (QED) is 0.540. The molecular formula is C22H25N3O4S2. The average Bonchev–Trinajstić information content (AvgIpc) is 3.23. The topological polar surface area (TPSA) is 79.8 Å². The number of sulfone groups is 1. The normalized spacial score (nSPS) is 15.3. The first kappa shape index (κ1) is 21.9. The Labute approximate surface area is 186 Å². The van der Waals surface area contributed by atoms with Crippen LogP contribution in [0.3, 0.4) is 0 Å². The van der Waals surface area contributed by atoms with Gasteiger partial charge in [0.1, 0.15) is 0 Å². The number of morpholine rings is 1. The molecule has 0 unspecified atom stereocenters. The van der Waals surface area contributed by atoms with Crippen LogP contribution >= 0.6 is 11.3 Å². The maximum absolute atomic E-state index is 13.7. The van der Waals surface area contributed by atoms with Gasteiger partial charge in [-0.15, -0.1) is 0 Å². The van der Waals surface area contributed by atoms with Gasteiger partial charge in [0.2, 0.25) is 0 Å². The van der Waals surface area contributed by atoms with Crippen molar-refractivity contribution in [3.63, 3.8) is 0 Å². The molecular weight excluding hydrogens is 434 g/mol. The highest BCUT2D eigenvalue weighted by molar-refractivity contribution is 7.91. The standard InChI is InChI=1S/C22H25N3O4S2/c1-2-31(27,28)20-10-6-3-7-17(20)21(26)25(12-11-24-13-15-29-16-14-24)22-23-18-8-4-5-9-19(18)30-22/h3-10H,2,11-16H2,1H3. The minimum absolute atomic E-state index is 0.0633. The van der Waals surface area contributed by atoms with Crippen LogP contribution in [0.4, 0.5) is 5.13 Å². The van der Waals surface area contributed by atoms with E-state index < -0.39 is 9.84 Å². The summed E-state index contributed by atoms with van der Waals surface area (Å²) in [7, 11) is -3.54. The molecule has 1 fully saturated rings. The number of nitrogens with zero attached hydrogens (tertiary/aromatic N) is 3. The van der Waals surface area contributed by atoms with Crippen molar-refractivity contribution in [1.82, 2.24) is 9.88 Å². The fourth-order valence-electron chi connectivity index (χ4n) is 3.54. The summed E-state index contributed by atoms with van der Waals surface area (Å²) in [4.78, 5) is 22.3. The number of hydrogen-bond acceptors (Lipinski definition) is 7. The third-order valence-corrected chi connectivity index (χ3v) is 8.18. The molecule has 1 amide bonds. The molecule has 31 heavy (non-hydrogen) atoms. The number of carbonyl (C=O) groups is 1. The van der Waals surface area contributed by atoms with Crippen LogP contribution in [0.15, 0.2) is 53.4 Å². The predicted molar refractivity (Wildman–Crippen MR) is 123 cm³/mol. The molecule has 0 radical (unpaired) electrons. The second-order valence-corrected chi connectivity index (χ2v) is 10.5. The zero-order valence-electron chi connectivity index (χ0n) is 17.4. The maximum Gasteiger partial charge on any atom is 0.261 e. The van der Waals surface area contributed by atoms with Crippen LogP contribution in [0.5, 0.6) is 0 Å². The fraction of sp³-hybridized carbons (Fsp3) is 0.364. The molecule has 164 valence electrons. The number of hydrogen-bond donors (Lipinski definition) is 0. The number of fused-ring (bicyclic) bond motifs is 1. The van der Waals surface area contributed by atoms with E-state index >= 15 is 0 Å². The molecule has 1 aromatic heterocycles. The van der Waals surface area contributed by atoms with Gasteiger partial charge < -0.3 is 4.74 Å². The van der Waals surface area contributed by atoms with Crippen molar-refractivity contribution in [3.8, 4) is 0 Å². The van der Waals surface area contributed by atoms with Crippen molar-refractivity contribution in [2.24, 2.45) is 0 Å². The smallest absolute Gasteiger partial charge is 0.261 e. The van der Waals surface area contributed by atoms with Crippen molar-refractivity contribution in [3.05, 3.63) is 54.1 Å². The summed E-state index contributed by atoms with van der Waals surface area (Å²) < 4.78 is 31.6. The van der Waals surface area contributed by atoms with E-state index in [1.165, 1.54) is 17.4 Å². The summed E-state index contributed by atoms with van der Waals surface area (Å²) in [6, 6.07) is 14.2. The number of benzene rings is 2. The van der Waals surface area contributed by atoms with Crippen LogP contribution in [0.25, 0.3) is 10.2 Å². The summed E-state index contributed by atoms with van der Waals surface area (Å²) in [5, 5.41) is 0.572. The van der Waals surface area contributed by atoms with Crippen LogP contribution in [0, 0.1) is 0 Å². The van der Waals surface area contributed by atoms with Gasteiger partial charge in [0.15, 0.2) is 15.0 Å². The van der Waals surface area contributed by atoms with Crippen molar-refractivity contribution < 1.29 is 17.9 Å². The van der Waals surface area contributed by atoms with Gasteiger partial charge in [-0.05, 0) is 24.3 Å². The van der Waals surface area contributed by atoms with Gasteiger partial charge in [0.05, 0.1) is 39.6 Å². The van der Waals surface area contributed by atoms with Crippen molar-refractivity contribution in [1.29, 1.82) is 0 Å². The van der Waals surface area contributed by atoms with Gasteiger partial charge >= 0.3 is 0 Å².